The molecule has 0 radical (unpaired) electrons. The van der Waals surface area contributed by atoms with Gasteiger partial charge in [-0.3, -0.25) is 9.59 Å². The van der Waals surface area contributed by atoms with E-state index in [1.807, 2.05) is 0 Å². The van der Waals surface area contributed by atoms with Gasteiger partial charge in [-0.05, 0) is 48.4 Å². The Kier molecular flexibility index (Phi) is 7.57. The van der Waals surface area contributed by atoms with E-state index in [1.54, 1.807) is 67.6 Å². The zero-order valence-electron chi connectivity index (χ0n) is 20.8. The van der Waals surface area contributed by atoms with E-state index in [0.717, 1.165) is 4.90 Å². The molecule has 1 amide bonds. The summed E-state index contributed by atoms with van der Waals surface area (Å²) < 4.78 is 25.3. The van der Waals surface area contributed by atoms with Crippen LogP contribution in [0.2, 0.25) is 0 Å². The van der Waals surface area contributed by atoms with Gasteiger partial charge < -0.3 is 19.5 Å². The Bertz CT molecular complexity index is 1270. The van der Waals surface area contributed by atoms with Crippen LogP contribution >= 0.6 is 0 Å². The molecule has 1 saturated heterocycles. The van der Waals surface area contributed by atoms with E-state index < -0.39 is 29.7 Å². The smallest absolute Gasteiger partial charge is 0.407 e. The second kappa shape index (κ2) is 10.8. The van der Waals surface area contributed by atoms with Gasteiger partial charge in [0.2, 0.25) is 0 Å². The van der Waals surface area contributed by atoms with E-state index in [1.165, 1.54) is 20.3 Å². The molecule has 0 saturated carbocycles. The molecule has 1 aliphatic heterocycles. The number of piperidine rings is 1. The Labute approximate surface area is 214 Å². The van der Waals surface area contributed by atoms with Crippen LogP contribution in [0.5, 0.6) is 11.5 Å². The van der Waals surface area contributed by atoms with Crippen molar-refractivity contribution in [2.75, 3.05) is 27.3 Å². The molecule has 1 aliphatic rings. The van der Waals surface area contributed by atoms with Crippen molar-refractivity contribution in [3.8, 4) is 11.5 Å². The van der Waals surface area contributed by atoms with Crippen LogP contribution in [-0.2, 0) is 0 Å². The lowest BCUT2D eigenvalue weighted by Gasteiger charge is -2.42. The van der Waals surface area contributed by atoms with Crippen molar-refractivity contribution < 1.29 is 33.4 Å². The van der Waals surface area contributed by atoms with Crippen LogP contribution in [-0.4, -0.2) is 55.0 Å². The molecule has 0 aliphatic carbocycles. The molecule has 7 nitrogen and oxygen atoms in total. The molecule has 8 heteroatoms. The standard InChI is InChI=1S/C29H28FNO6/c1-17-22(11-6-12-25(17)30)26-23(27(32)18-7-4-9-20(13-18)36-2)15-31(29(34)35)16-24(26)28(33)19-8-5-10-21(14-19)37-3/h4-14,23-24,26H,15-16H2,1-3H3,(H,34,35)/t23-,24+,26+. The molecule has 1 heterocycles. The van der Waals surface area contributed by atoms with Crippen molar-refractivity contribution in [2.45, 2.75) is 12.8 Å². The molecule has 37 heavy (non-hydrogen) atoms. The van der Waals surface area contributed by atoms with Gasteiger partial charge in [0.15, 0.2) is 11.6 Å². The first kappa shape index (κ1) is 25.9. The predicted molar refractivity (Wildman–Crippen MR) is 135 cm³/mol. The van der Waals surface area contributed by atoms with E-state index in [2.05, 4.69) is 0 Å². The summed E-state index contributed by atoms with van der Waals surface area (Å²) >= 11 is 0. The predicted octanol–water partition coefficient (Wildman–Crippen LogP) is 5.23. The van der Waals surface area contributed by atoms with Crippen molar-refractivity contribution in [2.24, 2.45) is 11.8 Å². The van der Waals surface area contributed by atoms with E-state index in [-0.39, 0.29) is 24.7 Å². The van der Waals surface area contributed by atoms with Gasteiger partial charge in [0.25, 0.3) is 0 Å². The van der Waals surface area contributed by atoms with Crippen molar-refractivity contribution in [3.63, 3.8) is 0 Å². The number of benzene rings is 3. The molecule has 0 bridgehead atoms. The first-order chi connectivity index (χ1) is 17.7. The van der Waals surface area contributed by atoms with Crippen molar-refractivity contribution in [1.29, 1.82) is 0 Å². The highest BCUT2D eigenvalue weighted by Gasteiger charge is 2.46. The van der Waals surface area contributed by atoms with Crippen LogP contribution in [0.3, 0.4) is 0 Å². The number of halogens is 1. The first-order valence-electron chi connectivity index (χ1n) is 11.8. The number of ketones is 2. The van der Waals surface area contributed by atoms with Crippen LogP contribution in [0.1, 0.15) is 37.8 Å². The number of rotatable bonds is 7. The third-order valence-corrected chi connectivity index (χ3v) is 7.02. The number of carboxylic acid groups (broad SMARTS) is 1. The highest BCUT2D eigenvalue weighted by molar-refractivity contribution is 6.03. The van der Waals surface area contributed by atoms with Gasteiger partial charge >= 0.3 is 6.09 Å². The monoisotopic (exact) mass is 505 g/mol. The third-order valence-electron chi connectivity index (χ3n) is 7.02. The van der Waals surface area contributed by atoms with E-state index in [9.17, 15) is 23.9 Å². The van der Waals surface area contributed by atoms with E-state index in [0.29, 0.717) is 33.8 Å². The van der Waals surface area contributed by atoms with Gasteiger partial charge in [-0.1, -0.05) is 36.4 Å². The van der Waals surface area contributed by atoms with Gasteiger partial charge in [0, 0.05) is 42.0 Å². The molecule has 0 unspecified atom stereocenters. The number of likely N-dealkylation sites (tertiary alicyclic amines) is 1. The third kappa shape index (κ3) is 5.18. The number of carbonyl (C=O) groups is 3. The number of Topliss-reactive ketones (excluding diaryl/α,β-unsaturated/α-hetero) is 2. The molecular formula is C29H28FNO6. The molecule has 4 rings (SSSR count). The lowest BCUT2D eigenvalue weighted by molar-refractivity contribution is 0.0571. The van der Waals surface area contributed by atoms with Crippen LogP contribution < -0.4 is 9.47 Å². The Balaban J connectivity index is 1.88. The number of nitrogens with zero attached hydrogens (tertiary/aromatic N) is 1. The Morgan fingerprint density at radius 2 is 1.32 bits per heavy atom. The maximum Gasteiger partial charge on any atom is 0.407 e. The lowest BCUT2D eigenvalue weighted by Crippen LogP contribution is -2.52. The number of hydrogen-bond donors (Lipinski definition) is 1. The number of amides is 1. The average Bonchev–Trinajstić information content (AvgIpc) is 2.93. The summed E-state index contributed by atoms with van der Waals surface area (Å²) in [6.45, 7) is 1.34. The molecule has 3 aromatic rings. The maximum atomic E-state index is 14.7. The maximum absolute atomic E-state index is 14.7. The molecule has 3 atom stereocenters. The summed E-state index contributed by atoms with van der Waals surface area (Å²) in [5.74, 6) is -2.83. The molecular weight excluding hydrogens is 477 g/mol. The number of ether oxygens (including phenoxy) is 2. The molecule has 192 valence electrons. The van der Waals surface area contributed by atoms with Crippen LogP contribution in [0.4, 0.5) is 9.18 Å². The zero-order chi connectivity index (χ0) is 26.7. The Morgan fingerprint density at radius 1 is 0.838 bits per heavy atom. The van der Waals surface area contributed by atoms with Crippen LogP contribution in [0.25, 0.3) is 0 Å². The van der Waals surface area contributed by atoms with Crippen molar-refractivity contribution in [1.82, 2.24) is 4.90 Å². The molecule has 1 N–H and O–H groups in total. The fourth-order valence-electron chi connectivity index (χ4n) is 5.10. The van der Waals surface area contributed by atoms with Gasteiger partial charge in [0.05, 0.1) is 14.2 Å². The highest BCUT2D eigenvalue weighted by Crippen LogP contribution is 2.42. The summed E-state index contributed by atoms with van der Waals surface area (Å²) in [7, 11) is 2.97. The second-order valence-electron chi connectivity index (χ2n) is 9.07. The average molecular weight is 506 g/mol. The molecule has 0 aromatic heterocycles. The van der Waals surface area contributed by atoms with Crippen molar-refractivity contribution in [3.05, 3.63) is 94.8 Å². The van der Waals surface area contributed by atoms with Gasteiger partial charge in [-0.15, -0.1) is 0 Å². The molecule has 0 spiro atoms. The minimum atomic E-state index is -1.23. The van der Waals surface area contributed by atoms with E-state index >= 15 is 0 Å². The fourth-order valence-corrected chi connectivity index (χ4v) is 5.10. The fraction of sp³-hybridized carbons (Fsp3) is 0.276. The quantitative estimate of drug-likeness (QED) is 0.442. The minimum absolute atomic E-state index is 0.131. The SMILES string of the molecule is COc1cccc(C(=O)[C@H]2CN(C(=O)O)C[C@@H](C(=O)c3cccc(OC)c3)[C@@H]2c2cccc(F)c2C)c1. The van der Waals surface area contributed by atoms with Crippen LogP contribution in [0.15, 0.2) is 66.7 Å². The summed E-state index contributed by atoms with van der Waals surface area (Å²) in [5.41, 5.74) is 1.47. The van der Waals surface area contributed by atoms with Crippen LogP contribution in [0, 0.1) is 24.6 Å². The van der Waals surface area contributed by atoms with E-state index in [4.69, 9.17) is 9.47 Å². The van der Waals surface area contributed by atoms with Crippen molar-refractivity contribution >= 4 is 17.7 Å². The highest BCUT2D eigenvalue weighted by atomic mass is 19.1. The normalized spacial score (nSPS) is 19.2. The largest absolute Gasteiger partial charge is 0.497 e. The molecule has 3 aromatic carbocycles. The lowest BCUT2D eigenvalue weighted by atomic mass is 9.68. The molecule has 1 fully saturated rings. The summed E-state index contributed by atoms with van der Waals surface area (Å²) in [4.78, 5) is 41.1. The Hall–Kier alpha value is -4.20. The zero-order valence-corrected chi connectivity index (χ0v) is 20.8. The van der Waals surface area contributed by atoms with Gasteiger partial charge in [-0.2, -0.15) is 0 Å². The summed E-state index contributed by atoms with van der Waals surface area (Å²) in [5, 5.41) is 9.90. The number of hydrogen-bond acceptors (Lipinski definition) is 5. The second-order valence-corrected chi connectivity index (χ2v) is 9.07. The number of methoxy groups -OCH3 is 2. The Morgan fingerprint density at radius 3 is 1.78 bits per heavy atom. The summed E-state index contributed by atoms with van der Waals surface area (Å²) in [6.07, 6.45) is -1.23. The summed E-state index contributed by atoms with van der Waals surface area (Å²) in [6, 6.07) is 17.7. The first-order valence-corrected chi connectivity index (χ1v) is 11.8. The van der Waals surface area contributed by atoms with Gasteiger partial charge in [-0.25, -0.2) is 9.18 Å². The number of carbonyl (C=O) groups excluding carboxylic acids is 2. The van der Waals surface area contributed by atoms with Gasteiger partial charge in [0.1, 0.15) is 17.3 Å². The topological polar surface area (TPSA) is 93.1 Å². The minimum Gasteiger partial charge on any atom is -0.497 e.